The van der Waals surface area contributed by atoms with Crippen molar-refractivity contribution in [1.29, 1.82) is 0 Å². The molecule has 6 heteroatoms. The molecule has 32 heavy (non-hydrogen) atoms. The second kappa shape index (κ2) is 11.3. The zero-order valence-corrected chi connectivity index (χ0v) is 19.5. The SMILES string of the molecule is SNc1cc(C#CC2=CCC=C(c3ccc(Cl)cc3)C=N2)ccc1OCCN1CCCC1. The second-order valence-electron chi connectivity index (χ2n) is 7.72. The maximum Gasteiger partial charge on any atom is 0.143 e. The lowest BCUT2D eigenvalue weighted by atomic mass is 10.1. The van der Waals surface area contributed by atoms with E-state index in [0.717, 1.165) is 51.8 Å². The van der Waals surface area contributed by atoms with E-state index in [1.807, 2.05) is 54.8 Å². The third kappa shape index (κ3) is 6.20. The molecule has 0 saturated carbocycles. The first-order chi connectivity index (χ1) is 15.7. The Hall–Kier alpha value is -2.65. The number of nitrogens with zero attached hydrogens (tertiary/aromatic N) is 2. The molecule has 0 bridgehead atoms. The van der Waals surface area contributed by atoms with Crippen LogP contribution in [-0.4, -0.2) is 37.4 Å². The number of rotatable bonds is 6. The smallest absolute Gasteiger partial charge is 0.143 e. The van der Waals surface area contributed by atoms with Crippen LogP contribution in [0.2, 0.25) is 5.02 Å². The van der Waals surface area contributed by atoms with Crippen LogP contribution in [0.1, 0.15) is 30.4 Å². The maximum atomic E-state index is 5.99. The number of nitrogens with one attached hydrogen (secondary N) is 1. The predicted molar refractivity (Wildman–Crippen MR) is 138 cm³/mol. The number of halogens is 1. The quantitative estimate of drug-likeness (QED) is 0.416. The minimum Gasteiger partial charge on any atom is -0.490 e. The summed E-state index contributed by atoms with van der Waals surface area (Å²) < 4.78 is 8.88. The first kappa shape index (κ1) is 22.5. The van der Waals surface area contributed by atoms with E-state index in [1.165, 1.54) is 25.9 Å². The van der Waals surface area contributed by atoms with Gasteiger partial charge in [-0.1, -0.05) is 48.5 Å². The van der Waals surface area contributed by atoms with E-state index in [1.54, 1.807) is 0 Å². The van der Waals surface area contributed by atoms with Gasteiger partial charge in [-0.05, 0) is 85.8 Å². The van der Waals surface area contributed by atoms with Crippen LogP contribution in [0.15, 0.2) is 65.3 Å². The zero-order valence-electron chi connectivity index (χ0n) is 17.9. The van der Waals surface area contributed by atoms with Crippen LogP contribution in [0.5, 0.6) is 5.75 Å². The molecule has 0 atom stereocenters. The number of anilines is 1. The molecule has 164 valence electrons. The fourth-order valence-electron chi connectivity index (χ4n) is 3.71. The van der Waals surface area contributed by atoms with Gasteiger partial charge in [0.2, 0.25) is 0 Å². The van der Waals surface area contributed by atoms with E-state index >= 15 is 0 Å². The summed E-state index contributed by atoms with van der Waals surface area (Å²) >= 11 is 10.2. The summed E-state index contributed by atoms with van der Waals surface area (Å²) in [5, 5.41) is 0.725. The van der Waals surface area contributed by atoms with Crippen molar-refractivity contribution in [2.75, 3.05) is 31.0 Å². The molecule has 4 nitrogen and oxygen atoms in total. The van der Waals surface area contributed by atoms with Gasteiger partial charge in [0, 0.05) is 23.3 Å². The molecule has 0 spiro atoms. The van der Waals surface area contributed by atoms with Crippen LogP contribution >= 0.6 is 24.4 Å². The number of allylic oxidation sites excluding steroid dienone is 4. The first-order valence-electron chi connectivity index (χ1n) is 10.8. The first-order valence-corrected chi connectivity index (χ1v) is 11.7. The molecule has 2 aliphatic heterocycles. The molecular formula is C26H26ClN3OS. The Labute approximate surface area is 200 Å². The van der Waals surface area contributed by atoms with E-state index in [-0.39, 0.29) is 0 Å². The lowest BCUT2D eigenvalue weighted by Gasteiger charge is -2.16. The molecule has 0 amide bonds. The number of hydrogen-bond donors (Lipinski definition) is 2. The monoisotopic (exact) mass is 463 g/mol. The van der Waals surface area contributed by atoms with Crippen molar-refractivity contribution in [2.24, 2.45) is 4.99 Å². The predicted octanol–water partition coefficient (Wildman–Crippen LogP) is 5.86. The highest BCUT2D eigenvalue weighted by Crippen LogP contribution is 2.26. The molecule has 0 aliphatic carbocycles. The average Bonchev–Trinajstić information content (AvgIpc) is 3.22. The van der Waals surface area contributed by atoms with Gasteiger partial charge in [0.15, 0.2) is 0 Å². The molecule has 2 aromatic carbocycles. The summed E-state index contributed by atoms with van der Waals surface area (Å²) in [5.41, 5.74) is 4.58. The van der Waals surface area contributed by atoms with Gasteiger partial charge in [0.25, 0.3) is 0 Å². The Bertz CT molecular complexity index is 1090. The number of thiol groups is 1. The van der Waals surface area contributed by atoms with Crippen molar-refractivity contribution in [3.63, 3.8) is 0 Å². The highest BCUT2D eigenvalue weighted by atomic mass is 35.5. The number of aliphatic imine (C=N–C) groups is 1. The van der Waals surface area contributed by atoms with Crippen molar-refractivity contribution in [3.8, 4) is 17.6 Å². The number of likely N-dealkylation sites (tertiary alicyclic amines) is 1. The maximum absolute atomic E-state index is 5.99. The molecule has 1 N–H and O–H groups in total. The van der Waals surface area contributed by atoms with E-state index in [0.29, 0.717) is 6.61 Å². The van der Waals surface area contributed by atoms with Crippen LogP contribution in [0.4, 0.5) is 5.69 Å². The summed E-state index contributed by atoms with van der Waals surface area (Å²) in [6.45, 7) is 3.96. The van der Waals surface area contributed by atoms with Crippen LogP contribution in [0.25, 0.3) is 5.57 Å². The number of ether oxygens (including phenoxy) is 1. The van der Waals surface area contributed by atoms with Crippen molar-refractivity contribution in [2.45, 2.75) is 19.3 Å². The van der Waals surface area contributed by atoms with E-state index in [2.05, 4.69) is 45.3 Å². The third-order valence-electron chi connectivity index (χ3n) is 5.47. The van der Waals surface area contributed by atoms with Gasteiger partial charge in [-0.25, -0.2) is 4.99 Å². The fraction of sp³-hybridized carbons (Fsp3) is 0.269. The van der Waals surface area contributed by atoms with Crippen LogP contribution in [0, 0.1) is 11.8 Å². The van der Waals surface area contributed by atoms with E-state index < -0.39 is 0 Å². The Morgan fingerprint density at radius 2 is 1.88 bits per heavy atom. The Kier molecular flexibility index (Phi) is 7.95. The van der Waals surface area contributed by atoms with Gasteiger partial charge in [-0.2, -0.15) is 0 Å². The molecule has 2 aliphatic rings. The topological polar surface area (TPSA) is 36.9 Å². The largest absolute Gasteiger partial charge is 0.490 e. The summed E-state index contributed by atoms with van der Waals surface area (Å²) in [6, 6.07) is 13.6. The third-order valence-corrected chi connectivity index (χ3v) is 5.96. The molecular weight excluding hydrogens is 438 g/mol. The van der Waals surface area contributed by atoms with Crippen molar-refractivity contribution < 1.29 is 4.74 Å². The van der Waals surface area contributed by atoms with Crippen molar-refractivity contribution in [3.05, 3.63) is 76.5 Å². The van der Waals surface area contributed by atoms with Crippen molar-refractivity contribution >= 4 is 41.9 Å². The number of hydrogen-bond acceptors (Lipinski definition) is 5. The molecule has 0 radical (unpaired) electrons. The lowest BCUT2D eigenvalue weighted by molar-refractivity contribution is 0.238. The Morgan fingerprint density at radius 3 is 2.66 bits per heavy atom. The van der Waals surface area contributed by atoms with Crippen molar-refractivity contribution in [1.82, 2.24) is 4.90 Å². The van der Waals surface area contributed by atoms with Gasteiger partial charge in [0.05, 0.1) is 5.69 Å². The van der Waals surface area contributed by atoms with Gasteiger partial charge in [0.1, 0.15) is 18.1 Å². The molecule has 2 heterocycles. The highest BCUT2D eigenvalue weighted by molar-refractivity contribution is 7.81. The zero-order chi connectivity index (χ0) is 22.2. The van der Waals surface area contributed by atoms with E-state index in [4.69, 9.17) is 16.3 Å². The fourth-order valence-corrected chi connectivity index (χ4v) is 4.01. The average molecular weight is 464 g/mol. The van der Waals surface area contributed by atoms with Gasteiger partial charge >= 0.3 is 0 Å². The summed E-state index contributed by atoms with van der Waals surface area (Å²) in [7, 11) is 0. The molecule has 0 unspecified atom stereocenters. The molecule has 0 aromatic heterocycles. The summed E-state index contributed by atoms with van der Waals surface area (Å²) in [6.07, 6.45) is 9.37. The van der Waals surface area contributed by atoms with Gasteiger partial charge < -0.3 is 9.46 Å². The summed E-state index contributed by atoms with van der Waals surface area (Å²) in [5.74, 6) is 7.15. The van der Waals surface area contributed by atoms with Gasteiger partial charge in [-0.3, -0.25) is 4.90 Å². The standard InChI is InChI=1S/C26H26ClN3OS/c27-23-10-8-21(9-11-23)22-4-3-5-24(28-19-22)12-6-20-7-13-26(25(18-20)29-32)31-17-16-30-14-1-2-15-30/h4-5,7-11,13,18-19,29,32H,1-3,14-17H2. The summed E-state index contributed by atoms with van der Waals surface area (Å²) in [4.78, 5) is 6.99. The molecule has 1 saturated heterocycles. The molecule has 2 aromatic rings. The number of benzene rings is 2. The lowest BCUT2D eigenvalue weighted by Crippen LogP contribution is -2.25. The minimum absolute atomic E-state index is 0.665. The Morgan fingerprint density at radius 1 is 1.06 bits per heavy atom. The Balaban J connectivity index is 1.38. The van der Waals surface area contributed by atoms with Gasteiger partial charge in [-0.15, -0.1) is 0 Å². The van der Waals surface area contributed by atoms with Crippen LogP contribution < -0.4 is 9.46 Å². The normalized spacial score (nSPS) is 15.9. The van der Waals surface area contributed by atoms with E-state index in [9.17, 15) is 0 Å². The second-order valence-corrected chi connectivity index (χ2v) is 8.38. The minimum atomic E-state index is 0.665. The van der Waals surface area contributed by atoms with Crippen LogP contribution in [-0.2, 0) is 0 Å². The highest BCUT2D eigenvalue weighted by Gasteiger charge is 2.11. The molecule has 1 fully saturated rings. The molecule has 4 rings (SSSR count). The van der Waals surface area contributed by atoms with Crippen LogP contribution in [0.3, 0.4) is 0 Å².